The molecule has 3 heterocycles. The Morgan fingerprint density at radius 3 is 2.50 bits per heavy atom. The maximum Gasteiger partial charge on any atom is 0.332 e. The Bertz CT molecular complexity index is 982. The Morgan fingerprint density at radius 1 is 1.14 bits per heavy atom. The van der Waals surface area contributed by atoms with Crippen LogP contribution in [0.2, 0.25) is 10.3 Å². The minimum atomic E-state index is -0.813. The fourth-order valence-electron chi connectivity index (χ4n) is 3.47. The minimum absolute atomic E-state index is 0.0545. The molecule has 2 fully saturated rings. The lowest BCUT2D eigenvalue weighted by molar-refractivity contribution is -0.131. The van der Waals surface area contributed by atoms with E-state index in [0.29, 0.717) is 0 Å². The Hall–Kier alpha value is -2.16. The molecule has 28 heavy (non-hydrogen) atoms. The molecule has 0 saturated carbocycles. The highest BCUT2D eigenvalue weighted by atomic mass is 79.9. The number of amides is 4. The first-order chi connectivity index (χ1) is 13.4. The van der Waals surface area contributed by atoms with Gasteiger partial charge in [-0.2, -0.15) is 0 Å². The lowest BCUT2D eigenvalue weighted by atomic mass is 10.0. The zero-order valence-corrected chi connectivity index (χ0v) is 17.3. The highest BCUT2D eigenvalue weighted by molar-refractivity contribution is 9.10. The highest BCUT2D eigenvalue weighted by Crippen LogP contribution is 2.32. The topological polar surface area (TPSA) is 82.6 Å². The summed E-state index contributed by atoms with van der Waals surface area (Å²) in [6, 6.07) is 8.03. The Morgan fingerprint density at radius 2 is 1.82 bits per heavy atom. The smallest absolute Gasteiger partial charge is 0.332 e. The molecule has 2 saturated heterocycles. The van der Waals surface area contributed by atoms with Gasteiger partial charge in [0, 0.05) is 17.4 Å². The minimum Gasteiger partial charge on any atom is -0.352 e. The fraction of sp³-hybridized carbons (Fsp3) is 0.222. The molecule has 10 heteroatoms. The van der Waals surface area contributed by atoms with Crippen LogP contribution in [0.4, 0.5) is 10.5 Å². The van der Waals surface area contributed by atoms with Gasteiger partial charge >= 0.3 is 6.03 Å². The average Bonchev–Trinajstić information content (AvgIpc) is 2.89. The molecule has 4 rings (SSSR count). The monoisotopic (exact) mass is 482 g/mol. The van der Waals surface area contributed by atoms with E-state index in [9.17, 15) is 14.4 Å². The summed E-state index contributed by atoms with van der Waals surface area (Å²) in [5, 5.41) is 2.85. The van der Waals surface area contributed by atoms with Gasteiger partial charge in [-0.05, 0) is 23.8 Å². The summed E-state index contributed by atoms with van der Waals surface area (Å²) in [6.45, 7) is 0.0545. The summed E-state index contributed by atoms with van der Waals surface area (Å²) >= 11 is 15.3. The molecule has 144 valence electrons. The third-order valence-electron chi connectivity index (χ3n) is 4.74. The number of nitrogens with zero attached hydrogens (tertiary/aromatic N) is 3. The van der Waals surface area contributed by atoms with Crippen LogP contribution in [0.1, 0.15) is 5.56 Å². The number of pyridine rings is 1. The van der Waals surface area contributed by atoms with E-state index in [0.717, 1.165) is 14.9 Å². The first kappa shape index (κ1) is 19.2. The third kappa shape index (κ3) is 3.25. The number of rotatable bonds is 3. The summed E-state index contributed by atoms with van der Waals surface area (Å²) in [7, 11) is 0. The number of aromatic nitrogens is 1. The van der Waals surface area contributed by atoms with Crippen LogP contribution in [-0.2, 0) is 16.0 Å². The van der Waals surface area contributed by atoms with Gasteiger partial charge in [0.1, 0.15) is 22.4 Å². The van der Waals surface area contributed by atoms with Crippen LogP contribution in [0, 0.1) is 0 Å². The first-order valence-electron chi connectivity index (χ1n) is 8.37. The summed E-state index contributed by atoms with van der Waals surface area (Å²) < 4.78 is 0.826. The Kier molecular flexibility index (Phi) is 5.03. The number of carbonyl (C=O) groups is 3. The number of anilines is 1. The van der Waals surface area contributed by atoms with Crippen LogP contribution in [0.3, 0.4) is 0 Å². The Labute approximate surface area is 178 Å². The van der Waals surface area contributed by atoms with Gasteiger partial charge in [0.05, 0.1) is 5.69 Å². The van der Waals surface area contributed by atoms with E-state index >= 15 is 0 Å². The number of nitrogens with one attached hydrogen (secondary N) is 1. The maximum absolute atomic E-state index is 13.1. The van der Waals surface area contributed by atoms with Crippen molar-refractivity contribution in [1.82, 2.24) is 15.2 Å². The molecular weight excluding hydrogens is 471 g/mol. The predicted molar refractivity (Wildman–Crippen MR) is 107 cm³/mol. The number of halogens is 3. The third-order valence-corrected chi connectivity index (χ3v) is 5.90. The number of hydrogen-bond acceptors (Lipinski definition) is 4. The van der Waals surface area contributed by atoms with E-state index in [1.165, 1.54) is 17.0 Å². The van der Waals surface area contributed by atoms with E-state index in [1.54, 1.807) is 0 Å². The molecule has 1 aromatic carbocycles. The van der Waals surface area contributed by atoms with Gasteiger partial charge in [-0.25, -0.2) is 14.7 Å². The van der Waals surface area contributed by atoms with Crippen molar-refractivity contribution < 1.29 is 14.4 Å². The van der Waals surface area contributed by atoms with Crippen LogP contribution >= 0.6 is 39.1 Å². The van der Waals surface area contributed by atoms with Crippen molar-refractivity contribution in [3.63, 3.8) is 0 Å². The van der Waals surface area contributed by atoms with Crippen molar-refractivity contribution in [2.24, 2.45) is 0 Å². The van der Waals surface area contributed by atoms with Crippen LogP contribution in [0.15, 0.2) is 40.9 Å². The lowest BCUT2D eigenvalue weighted by Crippen LogP contribution is -2.61. The van der Waals surface area contributed by atoms with Crippen LogP contribution < -0.4 is 10.2 Å². The maximum atomic E-state index is 13.1. The SMILES string of the molecule is O=C1NCC2C(=O)N(c3cc(Cl)nc(Cl)c3)C(=O)N2C1Cc1ccccc1Br. The van der Waals surface area contributed by atoms with Gasteiger partial charge < -0.3 is 5.32 Å². The molecule has 0 radical (unpaired) electrons. The summed E-state index contributed by atoms with van der Waals surface area (Å²) in [5.41, 5.74) is 1.08. The Balaban J connectivity index is 1.70. The van der Waals surface area contributed by atoms with Gasteiger partial charge in [-0.1, -0.05) is 57.3 Å². The number of carbonyl (C=O) groups excluding carboxylic acids is 3. The molecule has 2 atom stereocenters. The zero-order valence-electron chi connectivity index (χ0n) is 14.2. The summed E-state index contributed by atoms with van der Waals surface area (Å²) in [5.74, 6) is -0.749. The van der Waals surface area contributed by atoms with Gasteiger partial charge in [-0.3, -0.25) is 14.5 Å². The van der Waals surface area contributed by atoms with Crippen molar-refractivity contribution in [3.8, 4) is 0 Å². The van der Waals surface area contributed by atoms with Crippen molar-refractivity contribution >= 4 is 62.7 Å². The van der Waals surface area contributed by atoms with Crippen molar-refractivity contribution in [1.29, 1.82) is 0 Å². The van der Waals surface area contributed by atoms with Gasteiger partial charge in [0.2, 0.25) is 5.91 Å². The number of urea groups is 1. The highest BCUT2D eigenvalue weighted by Gasteiger charge is 2.53. The standard InChI is InChI=1S/C18H13BrCl2N4O3/c19-11-4-2-1-3-9(11)5-12-16(26)22-8-13-17(27)24(18(28)25(12)13)10-6-14(20)23-15(21)7-10/h1-4,6-7,12-13H,5,8H2,(H,22,26). The molecule has 2 aliphatic heterocycles. The molecule has 1 N–H and O–H groups in total. The van der Waals surface area contributed by atoms with Crippen LogP contribution in [-0.4, -0.2) is 46.4 Å². The zero-order chi connectivity index (χ0) is 20.0. The molecule has 2 aromatic rings. The first-order valence-corrected chi connectivity index (χ1v) is 9.92. The van der Waals surface area contributed by atoms with Crippen molar-refractivity contribution in [2.45, 2.75) is 18.5 Å². The normalized spacial score (nSPS) is 21.8. The molecule has 0 bridgehead atoms. The van der Waals surface area contributed by atoms with E-state index in [-0.39, 0.29) is 34.9 Å². The van der Waals surface area contributed by atoms with E-state index < -0.39 is 24.0 Å². The average molecular weight is 484 g/mol. The largest absolute Gasteiger partial charge is 0.352 e. The molecule has 2 unspecified atom stereocenters. The number of piperazine rings is 1. The van der Waals surface area contributed by atoms with Gasteiger partial charge in [0.25, 0.3) is 5.91 Å². The molecule has 2 aliphatic rings. The van der Waals surface area contributed by atoms with Gasteiger partial charge in [-0.15, -0.1) is 0 Å². The predicted octanol–water partition coefficient (Wildman–Crippen LogP) is 3.03. The molecular formula is C18H13BrCl2N4O3. The number of imide groups is 1. The molecule has 0 spiro atoms. The summed E-state index contributed by atoms with van der Waals surface area (Å²) in [4.78, 5) is 44.8. The van der Waals surface area contributed by atoms with Crippen molar-refractivity contribution in [3.05, 3.63) is 56.7 Å². The van der Waals surface area contributed by atoms with E-state index in [2.05, 4.69) is 26.2 Å². The molecule has 7 nitrogen and oxygen atoms in total. The molecule has 1 aromatic heterocycles. The number of benzene rings is 1. The van der Waals surface area contributed by atoms with Crippen molar-refractivity contribution in [2.75, 3.05) is 11.4 Å². The number of hydrogen-bond donors (Lipinski definition) is 1. The van der Waals surface area contributed by atoms with Crippen LogP contribution in [0.5, 0.6) is 0 Å². The van der Waals surface area contributed by atoms with E-state index in [1.807, 2.05) is 24.3 Å². The van der Waals surface area contributed by atoms with Crippen LogP contribution in [0.25, 0.3) is 0 Å². The quantitative estimate of drug-likeness (QED) is 0.537. The molecule has 0 aliphatic carbocycles. The second-order valence-corrected chi connectivity index (χ2v) is 8.04. The molecule has 4 amide bonds. The number of fused-ring (bicyclic) bond motifs is 1. The fourth-order valence-corrected chi connectivity index (χ4v) is 4.37. The lowest BCUT2D eigenvalue weighted by Gasteiger charge is -2.35. The second kappa shape index (κ2) is 7.35. The van der Waals surface area contributed by atoms with Gasteiger partial charge in [0.15, 0.2) is 0 Å². The van der Waals surface area contributed by atoms with E-state index in [4.69, 9.17) is 23.2 Å². The summed E-state index contributed by atoms with van der Waals surface area (Å²) in [6.07, 6.45) is 0.272. The second-order valence-electron chi connectivity index (χ2n) is 6.41.